The molecule has 7 heteroatoms. The molecule has 2 aliphatic rings. The number of hydrogen-bond donors (Lipinski definition) is 2. The maximum atomic E-state index is 13.1. The molecule has 37 heavy (non-hydrogen) atoms. The van der Waals surface area contributed by atoms with Gasteiger partial charge in [-0.2, -0.15) is 0 Å². The molecule has 1 saturated heterocycles. The van der Waals surface area contributed by atoms with Crippen molar-refractivity contribution < 1.29 is 19.1 Å². The molecule has 0 spiro atoms. The van der Waals surface area contributed by atoms with E-state index in [1.54, 1.807) is 0 Å². The van der Waals surface area contributed by atoms with Crippen LogP contribution in [0.2, 0.25) is 0 Å². The number of rotatable bonds is 8. The quantitative estimate of drug-likeness (QED) is 0.463. The van der Waals surface area contributed by atoms with Crippen molar-refractivity contribution >= 4 is 23.6 Å². The van der Waals surface area contributed by atoms with Crippen LogP contribution in [0.4, 0.5) is 10.5 Å². The Morgan fingerprint density at radius 3 is 2.35 bits per heavy atom. The summed E-state index contributed by atoms with van der Waals surface area (Å²) < 4.78 is 5.46. The molecular weight excluding hydrogens is 466 g/mol. The van der Waals surface area contributed by atoms with Gasteiger partial charge in [0, 0.05) is 18.3 Å². The Morgan fingerprint density at radius 2 is 1.57 bits per heavy atom. The van der Waals surface area contributed by atoms with E-state index in [4.69, 9.17) is 4.74 Å². The molecule has 0 radical (unpaired) electrons. The Kier molecular flexibility index (Phi) is 7.49. The molecule has 3 aromatic rings. The Morgan fingerprint density at radius 1 is 0.838 bits per heavy atom. The van der Waals surface area contributed by atoms with Crippen LogP contribution in [-0.2, 0) is 27.4 Å². The summed E-state index contributed by atoms with van der Waals surface area (Å²) in [5.41, 5.74) is 4.41. The number of carbonyl (C=O) groups excluding carboxylic acids is 3. The fourth-order valence-corrected chi connectivity index (χ4v) is 4.61. The molecule has 1 aliphatic carbocycles. The second-order valence-electron chi connectivity index (χ2n) is 9.68. The van der Waals surface area contributed by atoms with Crippen LogP contribution in [0.25, 0.3) is 11.1 Å². The van der Waals surface area contributed by atoms with E-state index in [2.05, 4.69) is 10.6 Å². The summed E-state index contributed by atoms with van der Waals surface area (Å²) >= 11 is 0. The number of amides is 3. The minimum absolute atomic E-state index is 0.0454. The maximum absolute atomic E-state index is 13.1. The minimum Gasteiger partial charge on any atom is -0.445 e. The zero-order valence-electron chi connectivity index (χ0n) is 20.7. The van der Waals surface area contributed by atoms with E-state index in [-0.39, 0.29) is 18.4 Å². The van der Waals surface area contributed by atoms with Gasteiger partial charge in [-0.15, -0.1) is 0 Å². The van der Waals surface area contributed by atoms with Gasteiger partial charge < -0.3 is 15.4 Å². The molecular formula is C30H31N3O4. The maximum Gasteiger partial charge on any atom is 0.410 e. The molecule has 190 valence electrons. The van der Waals surface area contributed by atoms with E-state index in [9.17, 15) is 14.4 Å². The number of nitrogens with zero attached hydrogens (tertiary/aromatic N) is 1. The predicted octanol–water partition coefficient (Wildman–Crippen LogP) is 4.91. The lowest BCUT2D eigenvalue weighted by Gasteiger charge is -2.23. The van der Waals surface area contributed by atoms with Gasteiger partial charge in [-0.1, -0.05) is 66.7 Å². The summed E-state index contributed by atoms with van der Waals surface area (Å²) in [6, 6.07) is 24.8. The molecule has 2 fully saturated rings. The van der Waals surface area contributed by atoms with E-state index in [1.165, 1.54) is 4.90 Å². The topological polar surface area (TPSA) is 87.7 Å². The van der Waals surface area contributed by atoms with Crippen molar-refractivity contribution in [3.8, 4) is 11.1 Å². The zero-order chi connectivity index (χ0) is 25.6. The molecule has 2 N–H and O–H groups in total. The number of benzene rings is 3. The van der Waals surface area contributed by atoms with Crippen LogP contribution in [0.5, 0.6) is 0 Å². The smallest absolute Gasteiger partial charge is 0.410 e. The largest absolute Gasteiger partial charge is 0.445 e. The third kappa shape index (κ3) is 6.55. The van der Waals surface area contributed by atoms with E-state index in [0.717, 1.165) is 41.5 Å². The fourth-order valence-electron chi connectivity index (χ4n) is 4.61. The predicted molar refractivity (Wildman–Crippen MR) is 142 cm³/mol. The van der Waals surface area contributed by atoms with Gasteiger partial charge in [0.05, 0.1) is 6.42 Å². The Labute approximate surface area is 216 Å². The van der Waals surface area contributed by atoms with Crippen LogP contribution in [-0.4, -0.2) is 41.4 Å². The highest BCUT2D eigenvalue weighted by Gasteiger charge is 2.35. The normalized spacial score (nSPS) is 16.8. The Balaban J connectivity index is 1.21. The van der Waals surface area contributed by atoms with Crippen molar-refractivity contribution in [1.82, 2.24) is 10.2 Å². The monoisotopic (exact) mass is 497 g/mol. The number of hydrogen-bond acceptors (Lipinski definition) is 4. The van der Waals surface area contributed by atoms with Crippen molar-refractivity contribution in [3.63, 3.8) is 0 Å². The molecule has 1 heterocycles. The van der Waals surface area contributed by atoms with Crippen LogP contribution in [0.1, 0.15) is 36.8 Å². The van der Waals surface area contributed by atoms with Crippen molar-refractivity contribution in [2.24, 2.45) is 0 Å². The lowest BCUT2D eigenvalue weighted by molar-refractivity contribution is -0.121. The molecule has 7 nitrogen and oxygen atoms in total. The molecule has 0 bridgehead atoms. The van der Waals surface area contributed by atoms with Crippen LogP contribution in [0.15, 0.2) is 78.9 Å². The molecule has 1 saturated carbocycles. The number of anilines is 1. The van der Waals surface area contributed by atoms with E-state index < -0.39 is 12.1 Å². The Bertz CT molecular complexity index is 1270. The third-order valence-corrected chi connectivity index (χ3v) is 6.69. The molecule has 0 aromatic heterocycles. The van der Waals surface area contributed by atoms with E-state index in [0.29, 0.717) is 31.1 Å². The molecule has 3 amide bonds. The standard InChI is InChI=1S/C30H31N3O4/c34-28(31-25-14-15-25)18-22-9-4-10-23(17-22)24-11-5-12-26(19-24)32-29(35)27-13-6-16-33(27)30(36)37-20-21-7-2-1-3-8-21/h1-5,7-12,17,19,25,27H,6,13-16,18,20H2,(H,31,34)(H,32,35). The van der Waals surface area contributed by atoms with Crippen LogP contribution >= 0.6 is 0 Å². The Hall–Kier alpha value is -4.13. The first kappa shape index (κ1) is 24.6. The molecule has 1 aliphatic heterocycles. The van der Waals surface area contributed by atoms with Crippen LogP contribution in [0, 0.1) is 0 Å². The first-order chi connectivity index (χ1) is 18.0. The van der Waals surface area contributed by atoms with Gasteiger partial charge in [-0.05, 0) is 60.1 Å². The highest BCUT2D eigenvalue weighted by molar-refractivity contribution is 5.97. The van der Waals surface area contributed by atoms with Gasteiger partial charge in [-0.25, -0.2) is 4.79 Å². The summed E-state index contributed by atoms with van der Waals surface area (Å²) in [5, 5.41) is 6.00. The van der Waals surface area contributed by atoms with Gasteiger partial charge in [0.1, 0.15) is 12.6 Å². The molecule has 1 unspecified atom stereocenters. The SMILES string of the molecule is O=C(Cc1cccc(-c2cccc(NC(=O)C3CCCN3C(=O)OCc3ccccc3)c2)c1)NC1CC1. The molecule has 1 atom stereocenters. The van der Waals surface area contributed by atoms with Crippen molar-refractivity contribution in [3.05, 3.63) is 90.0 Å². The fraction of sp³-hybridized carbons (Fsp3) is 0.300. The van der Waals surface area contributed by atoms with E-state index in [1.807, 2.05) is 78.9 Å². The van der Waals surface area contributed by atoms with Gasteiger partial charge in [0.25, 0.3) is 0 Å². The van der Waals surface area contributed by atoms with Crippen LogP contribution < -0.4 is 10.6 Å². The first-order valence-electron chi connectivity index (χ1n) is 12.8. The van der Waals surface area contributed by atoms with Gasteiger partial charge >= 0.3 is 6.09 Å². The van der Waals surface area contributed by atoms with Crippen LogP contribution in [0.3, 0.4) is 0 Å². The summed E-state index contributed by atoms with van der Waals surface area (Å²) in [6.07, 6.45) is 3.35. The highest BCUT2D eigenvalue weighted by atomic mass is 16.6. The summed E-state index contributed by atoms with van der Waals surface area (Å²) in [5.74, 6) is -0.180. The van der Waals surface area contributed by atoms with Gasteiger partial charge in [0.15, 0.2) is 0 Å². The first-order valence-corrected chi connectivity index (χ1v) is 12.8. The summed E-state index contributed by atoms with van der Waals surface area (Å²) in [4.78, 5) is 39.5. The minimum atomic E-state index is -0.569. The lowest BCUT2D eigenvalue weighted by Crippen LogP contribution is -2.43. The average molecular weight is 498 g/mol. The number of ether oxygens (including phenoxy) is 1. The average Bonchev–Trinajstić information content (AvgIpc) is 3.58. The lowest BCUT2D eigenvalue weighted by atomic mass is 10.0. The molecule has 5 rings (SSSR count). The van der Waals surface area contributed by atoms with Gasteiger partial charge in [-0.3, -0.25) is 14.5 Å². The summed E-state index contributed by atoms with van der Waals surface area (Å²) in [7, 11) is 0. The van der Waals surface area contributed by atoms with Crippen molar-refractivity contribution in [2.75, 3.05) is 11.9 Å². The third-order valence-electron chi connectivity index (χ3n) is 6.69. The second-order valence-corrected chi connectivity index (χ2v) is 9.68. The number of carbonyl (C=O) groups is 3. The molecule has 3 aromatic carbocycles. The second kappa shape index (κ2) is 11.3. The van der Waals surface area contributed by atoms with Crippen molar-refractivity contribution in [1.29, 1.82) is 0 Å². The summed E-state index contributed by atoms with van der Waals surface area (Å²) in [6.45, 7) is 0.667. The van der Waals surface area contributed by atoms with Crippen molar-refractivity contribution in [2.45, 2.75) is 50.8 Å². The number of likely N-dealkylation sites (tertiary alicyclic amines) is 1. The van der Waals surface area contributed by atoms with Gasteiger partial charge in [0.2, 0.25) is 11.8 Å². The number of nitrogens with one attached hydrogen (secondary N) is 2. The van der Waals surface area contributed by atoms with E-state index >= 15 is 0 Å². The zero-order valence-corrected chi connectivity index (χ0v) is 20.7. The highest BCUT2D eigenvalue weighted by Crippen LogP contribution is 2.26.